The summed E-state index contributed by atoms with van der Waals surface area (Å²) in [5, 5.41) is 0. The van der Waals surface area contributed by atoms with E-state index in [1.165, 1.54) is 25.5 Å². The fourth-order valence-electron chi connectivity index (χ4n) is 4.89. The van der Waals surface area contributed by atoms with Crippen LogP contribution in [0.4, 0.5) is 4.79 Å². The smallest absolute Gasteiger partial charge is 0.409 e. The SMILES string of the molecule is COC(=O)N1C[C@H](c2ccc(OC)cc2)[C@H]2[C@@H]1C1CCN2CC1. The molecule has 4 heterocycles. The van der Waals surface area contributed by atoms with Crippen molar-refractivity contribution in [3.8, 4) is 5.75 Å². The first-order valence-corrected chi connectivity index (χ1v) is 8.45. The Morgan fingerprint density at radius 1 is 1.09 bits per heavy atom. The molecule has 0 radical (unpaired) electrons. The number of carbonyl (C=O) groups excluding carboxylic acids is 1. The number of benzene rings is 1. The molecule has 4 saturated heterocycles. The summed E-state index contributed by atoms with van der Waals surface area (Å²) < 4.78 is 10.3. The van der Waals surface area contributed by atoms with Gasteiger partial charge in [-0.2, -0.15) is 0 Å². The first kappa shape index (κ1) is 14.8. The lowest BCUT2D eigenvalue weighted by atomic mass is 9.75. The van der Waals surface area contributed by atoms with Gasteiger partial charge in [-0.3, -0.25) is 4.90 Å². The Balaban J connectivity index is 1.67. The number of rotatable bonds is 2. The van der Waals surface area contributed by atoms with Crippen LogP contribution in [0.3, 0.4) is 0 Å². The van der Waals surface area contributed by atoms with Gasteiger partial charge in [-0.15, -0.1) is 0 Å². The van der Waals surface area contributed by atoms with Crippen molar-refractivity contribution in [2.45, 2.75) is 30.8 Å². The first-order valence-electron chi connectivity index (χ1n) is 8.45. The van der Waals surface area contributed by atoms with Gasteiger partial charge in [-0.05, 0) is 49.5 Å². The highest BCUT2D eigenvalue weighted by molar-refractivity contribution is 5.69. The summed E-state index contributed by atoms with van der Waals surface area (Å²) in [4.78, 5) is 16.9. The summed E-state index contributed by atoms with van der Waals surface area (Å²) in [6, 6.07) is 9.05. The molecule has 4 fully saturated rings. The normalized spacial score (nSPS) is 35.0. The van der Waals surface area contributed by atoms with Crippen molar-refractivity contribution >= 4 is 6.09 Å². The number of piperidine rings is 3. The number of ether oxygens (including phenoxy) is 2. The van der Waals surface area contributed by atoms with Crippen molar-refractivity contribution in [3.05, 3.63) is 29.8 Å². The van der Waals surface area contributed by atoms with Gasteiger partial charge in [0.15, 0.2) is 0 Å². The van der Waals surface area contributed by atoms with Crippen LogP contribution in [0.2, 0.25) is 0 Å². The lowest BCUT2D eigenvalue weighted by molar-refractivity contribution is -0.00487. The number of methoxy groups -OCH3 is 2. The molecule has 5 nitrogen and oxygen atoms in total. The minimum absolute atomic E-state index is 0.176. The monoisotopic (exact) mass is 316 g/mol. The van der Waals surface area contributed by atoms with Crippen LogP contribution in [-0.2, 0) is 4.74 Å². The largest absolute Gasteiger partial charge is 0.497 e. The minimum Gasteiger partial charge on any atom is -0.497 e. The molecule has 0 unspecified atom stereocenters. The fourth-order valence-corrected chi connectivity index (χ4v) is 4.89. The third-order valence-electron chi connectivity index (χ3n) is 5.95. The summed E-state index contributed by atoms with van der Waals surface area (Å²) in [6.45, 7) is 3.07. The van der Waals surface area contributed by atoms with Gasteiger partial charge >= 0.3 is 6.09 Å². The van der Waals surface area contributed by atoms with Crippen LogP contribution in [0.25, 0.3) is 0 Å². The molecule has 0 aromatic heterocycles. The lowest BCUT2D eigenvalue weighted by Crippen LogP contribution is -2.60. The molecule has 23 heavy (non-hydrogen) atoms. The fraction of sp³-hybridized carbons (Fsp3) is 0.611. The highest BCUT2D eigenvalue weighted by Crippen LogP contribution is 2.46. The number of nitrogens with zero attached hydrogens (tertiary/aromatic N) is 2. The van der Waals surface area contributed by atoms with E-state index in [1.807, 2.05) is 17.0 Å². The lowest BCUT2D eigenvalue weighted by Gasteiger charge is -2.50. The third kappa shape index (κ3) is 2.29. The van der Waals surface area contributed by atoms with E-state index in [1.54, 1.807) is 7.11 Å². The summed E-state index contributed by atoms with van der Waals surface area (Å²) in [5.41, 5.74) is 1.29. The molecular weight excluding hydrogens is 292 g/mol. The van der Waals surface area contributed by atoms with Crippen molar-refractivity contribution < 1.29 is 14.3 Å². The molecule has 0 N–H and O–H groups in total. The third-order valence-corrected chi connectivity index (χ3v) is 5.95. The average Bonchev–Trinajstić information content (AvgIpc) is 3.05. The van der Waals surface area contributed by atoms with Gasteiger partial charge < -0.3 is 14.4 Å². The summed E-state index contributed by atoms with van der Waals surface area (Å²) >= 11 is 0. The maximum atomic E-state index is 12.3. The standard InChI is InChI=1S/C18H24N2O3/c1-22-14-5-3-12(4-6-14)15-11-20(18(21)23-2)16-13-7-9-19(10-8-13)17(15)16/h3-6,13,15-17H,7-11H2,1-2H3/t15-,16+,17+/m1/s1. The average molecular weight is 316 g/mol. The highest BCUT2D eigenvalue weighted by Gasteiger charge is 2.54. The number of likely N-dealkylation sites (tertiary alicyclic amines) is 1. The second-order valence-corrected chi connectivity index (χ2v) is 6.86. The van der Waals surface area contributed by atoms with Crippen LogP contribution < -0.4 is 4.74 Å². The van der Waals surface area contributed by atoms with Crippen molar-refractivity contribution in [2.75, 3.05) is 33.9 Å². The molecule has 0 spiro atoms. The Kier molecular flexibility index (Phi) is 3.68. The Morgan fingerprint density at radius 3 is 2.39 bits per heavy atom. The van der Waals surface area contributed by atoms with E-state index in [2.05, 4.69) is 17.0 Å². The van der Waals surface area contributed by atoms with Crippen molar-refractivity contribution in [1.29, 1.82) is 0 Å². The van der Waals surface area contributed by atoms with Crippen molar-refractivity contribution in [1.82, 2.24) is 9.80 Å². The number of carbonyl (C=O) groups is 1. The summed E-state index contributed by atoms with van der Waals surface area (Å²) in [7, 11) is 3.17. The molecule has 0 saturated carbocycles. The molecule has 1 amide bonds. The zero-order valence-corrected chi connectivity index (χ0v) is 13.8. The maximum Gasteiger partial charge on any atom is 0.409 e. The molecule has 5 rings (SSSR count). The van der Waals surface area contributed by atoms with Crippen LogP contribution in [0, 0.1) is 5.92 Å². The van der Waals surface area contributed by atoms with E-state index < -0.39 is 0 Å². The first-order chi connectivity index (χ1) is 11.2. The Morgan fingerprint density at radius 2 is 1.78 bits per heavy atom. The van der Waals surface area contributed by atoms with Crippen LogP contribution >= 0.6 is 0 Å². The zero-order chi connectivity index (χ0) is 16.0. The van der Waals surface area contributed by atoms with E-state index in [9.17, 15) is 4.79 Å². The van der Waals surface area contributed by atoms with Gasteiger partial charge in [0.05, 0.1) is 20.3 Å². The zero-order valence-electron chi connectivity index (χ0n) is 13.8. The molecule has 1 aromatic carbocycles. The van der Waals surface area contributed by atoms with E-state index in [-0.39, 0.29) is 6.09 Å². The van der Waals surface area contributed by atoms with Gasteiger partial charge in [0, 0.05) is 18.5 Å². The molecule has 4 aliphatic heterocycles. The Labute approximate surface area is 137 Å². The quantitative estimate of drug-likeness (QED) is 0.840. The van der Waals surface area contributed by atoms with E-state index in [0.29, 0.717) is 23.9 Å². The number of hydrogen-bond donors (Lipinski definition) is 0. The van der Waals surface area contributed by atoms with E-state index in [0.717, 1.165) is 25.4 Å². The van der Waals surface area contributed by atoms with E-state index >= 15 is 0 Å². The molecular formula is C18H24N2O3. The van der Waals surface area contributed by atoms with Gasteiger partial charge in [-0.1, -0.05) is 12.1 Å². The summed E-state index contributed by atoms with van der Waals surface area (Å²) in [6.07, 6.45) is 2.22. The van der Waals surface area contributed by atoms with Crippen molar-refractivity contribution in [3.63, 3.8) is 0 Å². The number of hydrogen-bond acceptors (Lipinski definition) is 4. The molecule has 5 heteroatoms. The maximum absolute atomic E-state index is 12.3. The number of fused-ring (bicyclic) bond motifs is 2. The van der Waals surface area contributed by atoms with Gasteiger partial charge in [0.2, 0.25) is 0 Å². The molecule has 2 bridgehead atoms. The molecule has 124 valence electrons. The van der Waals surface area contributed by atoms with Gasteiger partial charge in [-0.25, -0.2) is 4.79 Å². The van der Waals surface area contributed by atoms with Crippen LogP contribution in [0.1, 0.15) is 24.3 Å². The second-order valence-electron chi connectivity index (χ2n) is 6.86. The van der Waals surface area contributed by atoms with Crippen molar-refractivity contribution in [2.24, 2.45) is 5.92 Å². The van der Waals surface area contributed by atoms with E-state index in [4.69, 9.17) is 9.47 Å². The van der Waals surface area contributed by atoms with Crippen LogP contribution in [0.15, 0.2) is 24.3 Å². The van der Waals surface area contributed by atoms with Crippen LogP contribution in [0.5, 0.6) is 5.75 Å². The Hall–Kier alpha value is -1.75. The van der Waals surface area contributed by atoms with Crippen LogP contribution in [-0.4, -0.2) is 61.8 Å². The minimum atomic E-state index is -0.176. The predicted molar refractivity (Wildman–Crippen MR) is 86.7 cm³/mol. The molecule has 0 aliphatic carbocycles. The molecule has 3 atom stereocenters. The summed E-state index contributed by atoms with van der Waals surface area (Å²) in [5.74, 6) is 1.85. The second kappa shape index (κ2) is 5.71. The van der Waals surface area contributed by atoms with Gasteiger partial charge in [0.25, 0.3) is 0 Å². The highest BCUT2D eigenvalue weighted by atomic mass is 16.5. The molecule has 1 aromatic rings. The van der Waals surface area contributed by atoms with Gasteiger partial charge in [0.1, 0.15) is 5.75 Å². The molecule has 4 aliphatic rings. The number of amides is 1. The Bertz CT molecular complexity index is 580. The predicted octanol–water partition coefficient (Wildman–Crippen LogP) is 2.32. The topological polar surface area (TPSA) is 42.0 Å².